The number of nitrogens with one attached hydrogen (secondary N) is 1. The lowest BCUT2D eigenvalue weighted by Crippen LogP contribution is -2.42. The maximum absolute atomic E-state index is 15.0. The number of hydrogen-bond acceptors (Lipinski definition) is 3. The number of carbonyl (C=O) groups excluding carboxylic acids is 2. The maximum Gasteiger partial charge on any atom is 0.329 e. The van der Waals surface area contributed by atoms with E-state index in [4.69, 9.17) is 23.2 Å². The van der Waals surface area contributed by atoms with E-state index in [-0.39, 0.29) is 23.3 Å². The zero-order valence-electron chi connectivity index (χ0n) is 18.1. The zero-order valence-corrected chi connectivity index (χ0v) is 19.6. The molecular formula is C24H22Cl2FN3O2. The van der Waals surface area contributed by atoms with Gasteiger partial charge in [0.05, 0.1) is 12.1 Å². The van der Waals surface area contributed by atoms with Crippen LogP contribution in [0.1, 0.15) is 37.5 Å². The fourth-order valence-corrected chi connectivity index (χ4v) is 4.46. The van der Waals surface area contributed by atoms with Crippen LogP contribution in [0.3, 0.4) is 0 Å². The van der Waals surface area contributed by atoms with Crippen molar-refractivity contribution in [2.45, 2.75) is 32.9 Å². The highest BCUT2D eigenvalue weighted by Gasteiger charge is 2.35. The lowest BCUT2D eigenvalue weighted by atomic mass is 9.88. The number of urea groups is 1. The fourth-order valence-electron chi connectivity index (χ4n) is 3.99. The minimum Gasteiger partial charge on any atom is -0.365 e. The van der Waals surface area contributed by atoms with Crippen LogP contribution < -0.4 is 10.2 Å². The maximum atomic E-state index is 15.0. The van der Waals surface area contributed by atoms with Crippen molar-refractivity contribution >= 4 is 52.5 Å². The van der Waals surface area contributed by atoms with E-state index in [9.17, 15) is 14.0 Å². The predicted molar refractivity (Wildman–Crippen MR) is 126 cm³/mol. The lowest BCUT2D eigenvalue weighted by Gasteiger charge is -2.40. The van der Waals surface area contributed by atoms with Crippen molar-refractivity contribution < 1.29 is 14.0 Å². The third kappa shape index (κ3) is 3.89. The number of imide groups is 1. The summed E-state index contributed by atoms with van der Waals surface area (Å²) in [7, 11) is 1.92. The molecule has 1 saturated heterocycles. The van der Waals surface area contributed by atoms with Crippen LogP contribution in [0.15, 0.2) is 42.1 Å². The summed E-state index contributed by atoms with van der Waals surface area (Å²) in [4.78, 5) is 28.3. The van der Waals surface area contributed by atoms with E-state index in [1.165, 1.54) is 12.1 Å². The van der Waals surface area contributed by atoms with Crippen LogP contribution in [0.25, 0.3) is 11.6 Å². The van der Waals surface area contributed by atoms with E-state index >= 15 is 0 Å². The van der Waals surface area contributed by atoms with Gasteiger partial charge in [-0.1, -0.05) is 35.3 Å². The molecule has 1 fully saturated rings. The first-order valence-electron chi connectivity index (χ1n) is 10.0. The number of rotatable bonds is 3. The topological polar surface area (TPSA) is 52.7 Å². The van der Waals surface area contributed by atoms with E-state index in [0.717, 1.165) is 21.7 Å². The second-order valence-electron chi connectivity index (χ2n) is 8.55. The summed E-state index contributed by atoms with van der Waals surface area (Å²) in [6, 6.07) is 7.41. The van der Waals surface area contributed by atoms with Crippen molar-refractivity contribution in [2.75, 3.05) is 11.9 Å². The second kappa shape index (κ2) is 7.94. The summed E-state index contributed by atoms with van der Waals surface area (Å²) in [5, 5.41) is 3.34. The Morgan fingerprint density at radius 3 is 2.56 bits per heavy atom. The number of likely N-dealkylation sites (N-methyl/N-ethyl adjacent to an activating group) is 1. The Bertz CT molecular complexity index is 1220. The van der Waals surface area contributed by atoms with E-state index in [0.29, 0.717) is 15.6 Å². The van der Waals surface area contributed by atoms with Crippen molar-refractivity contribution in [3.8, 4) is 0 Å². The van der Waals surface area contributed by atoms with Gasteiger partial charge in [0, 0.05) is 33.9 Å². The summed E-state index contributed by atoms with van der Waals surface area (Å²) >= 11 is 12.1. The van der Waals surface area contributed by atoms with Gasteiger partial charge in [0.1, 0.15) is 11.5 Å². The molecule has 8 heteroatoms. The number of allylic oxidation sites excluding steroid dienone is 1. The Morgan fingerprint density at radius 2 is 1.88 bits per heavy atom. The molecule has 0 aromatic heterocycles. The van der Waals surface area contributed by atoms with Gasteiger partial charge in [-0.15, -0.1) is 0 Å². The Labute approximate surface area is 196 Å². The minimum atomic E-state index is -0.594. The molecule has 2 heterocycles. The minimum absolute atomic E-state index is 0.00469. The molecule has 2 aliphatic rings. The Kier molecular flexibility index (Phi) is 5.55. The summed E-state index contributed by atoms with van der Waals surface area (Å²) in [5.74, 6) is -1.03. The van der Waals surface area contributed by atoms with Gasteiger partial charge in [-0.05, 0) is 62.2 Å². The van der Waals surface area contributed by atoms with Gasteiger partial charge in [-0.3, -0.25) is 9.69 Å². The molecule has 0 bridgehead atoms. The number of amides is 3. The Hall–Kier alpha value is -2.83. The van der Waals surface area contributed by atoms with Gasteiger partial charge in [-0.25, -0.2) is 9.18 Å². The van der Waals surface area contributed by atoms with Gasteiger partial charge in [0.2, 0.25) is 0 Å². The van der Waals surface area contributed by atoms with E-state index in [1.807, 2.05) is 18.9 Å². The molecule has 2 aliphatic heterocycles. The van der Waals surface area contributed by atoms with Crippen molar-refractivity contribution in [1.82, 2.24) is 10.2 Å². The molecule has 1 N–H and O–H groups in total. The first-order chi connectivity index (χ1) is 15.0. The highest BCUT2D eigenvalue weighted by atomic mass is 35.5. The van der Waals surface area contributed by atoms with E-state index < -0.39 is 17.8 Å². The molecule has 166 valence electrons. The molecule has 0 atom stereocenters. The summed E-state index contributed by atoms with van der Waals surface area (Å²) in [6.07, 6.45) is 3.48. The average molecular weight is 474 g/mol. The zero-order chi connectivity index (χ0) is 23.4. The SMILES string of the molecule is CC1=CC(C)(C)N(C)c2cc(F)c(/C=C3/NC(=O)N(Cc4ccc(Cl)cc4Cl)C3=O)cc21. The molecule has 32 heavy (non-hydrogen) atoms. The van der Waals surface area contributed by atoms with E-state index in [1.54, 1.807) is 24.3 Å². The number of nitrogens with zero attached hydrogens (tertiary/aromatic N) is 2. The summed E-state index contributed by atoms with van der Waals surface area (Å²) in [6.45, 7) is 6.07. The smallest absolute Gasteiger partial charge is 0.329 e. The monoisotopic (exact) mass is 473 g/mol. The highest BCUT2D eigenvalue weighted by Crippen LogP contribution is 2.39. The number of fused-ring (bicyclic) bond motifs is 1. The number of benzene rings is 2. The third-order valence-electron chi connectivity index (χ3n) is 5.94. The number of anilines is 1. The third-order valence-corrected chi connectivity index (χ3v) is 6.53. The van der Waals surface area contributed by atoms with Crippen LogP contribution >= 0.6 is 23.2 Å². The standard InChI is InChI=1S/C24H22Cl2FN3O2/c1-13-11-24(2,3)29(4)21-10-19(27)15(7-17(13)21)8-20-22(31)30(23(32)28-20)12-14-5-6-16(25)9-18(14)26/h5-11H,12H2,1-4H3,(H,28,32)/b20-8+. The Morgan fingerprint density at radius 1 is 1.16 bits per heavy atom. The number of hydrogen-bond donors (Lipinski definition) is 1. The molecule has 0 aliphatic carbocycles. The van der Waals surface area contributed by atoms with Crippen molar-refractivity contribution in [2.24, 2.45) is 0 Å². The molecule has 2 aromatic rings. The molecule has 0 saturated carbocycles. The van der Waals surface area contributed by atoms with E-state index in [2.05, 4.69) is 25.2 Å². The summed E-state index contributed by atoms with van der Waals surface area (Å²) < 4.78 is 15.0. The van der Waals surface area contributed by atoms with Crippen LogP contribution in [0.5, 0.6) is 0 Å². The van der Waals surface area contributed by atoms with Crippen molar-refractivity contribution in [3.05, 3.63) is 74.7 Å². The summed E-state index contributed by atoms with van der Waals surface area (Å²) in [5.41, 5.74) is 3.22. The number of carbonyl (C=O) groups is 2. The van der Waals surface area contributed by atoms with Gasteiger partial charge in [0.15, 0.2) is 0 Å². The second-order valence-corrected chi connectivity index (χ2v) is 9.39. The van der Waals surface area contributed by atoms with Crippen LogP contribution in [0.2, 0.25) is 10.0 Å². The molecule has 3 amide bonds. The van der Waals surface area contributed by atoms with Crippen molar-refractivity contribution in [3.63, 3.8) is 0 Å². The lowest BCUT2D eigenvalue weighted by molar-refractivity contribution is -0.123. The van der Waals surface area contributed by atoms with Crippen LogP contribution in [0, 0.1) is 5.82 Å². The average Bonchev–Trinajstić information content (AvgIpc) is 2.96. The first-order valence-corrected chi connectivity index (χ1v) is 10.8. The first kappa shape index (κ1) is 22.4. The Balaban J connectivity index is 1.66. The van der Waals surface area contributed by atoms with Gasteiger partial charge < -0.3 is 10.2 Å². The van der Waals surface area contributed by atoms with Gasteiger partial charge >= 0.3 is 6.03 Å². The van der Waals surface area contributed by atoms with Crippen LogP contribution in [0.4, 0.5) is 14.9 Å². The molecule has 0 spiro atoms. The number of halogens is 3. The molecule has 2 aromatic carbocycles. The van der Waals surface area contributed by atoms with Gasteiger partial charge in [-0.2, -0.15) is 0 Å². The fraction of sp³-hybridized carbons (Fsp3) is 0.250. The molecule has 5 nitrogen and oxygen atoms in total. The molecular weight excluding hydrogens is 452 g/mol. The highest BCUT2D eigenvalue weighted by molar-refractivity contribution is 6.35. The molecule has 0 radical (unpaired) electrons. The van der Waals surface area contributed by atoms with Crippen LogP contribution in [-0.4, -0.2) is 29.4 Å². The molecule has 0 unspecified atom stereocenters. The van der Waals surface area contributed by atoms with Crippen LogP contribution in [-0.2, 0) is 11.3 Å². The predicted octanol–water partition coefficient (Wildman–Crippen LogP) is 5.86. The normalized spacial score (nSPS) is 18.7. The molecule has 4 rings (SSSR count). The van der Waals surface area contributed by atoms with Gasteiger partial charge in [0.25, 0.3) is 5.91 Å². The quantitative estimate of drug-likeness (QED) is 0.448. The largest absolute Gasteiger partial charge is 0.365 e. The van der Waals surface area contributed by atoms with Crippen molar-refractivity contribution in [1.29, 1.82) is 0 Å².